The van der Waals surface area contributed by atoms with Gasteiger partial charge in [0.25, 0.3) is 0 Å². The van der Waals surface area contributed by atoms with Crippen molar-refractivity contribution in [3.05, 3.63) is 29.8 Å². The van der Waals surface area contributed by atoms with Gasteiger partial charge in [-0.05, 0) is 37.3 Å². The maximum absolute atomic E-state index is 12.7. The molecule has 2 atom stereocenters. The summed E-state index contributed by atoms with van der Waals surface area (Å²) in [7, 11) is 0. The van der Waals surface area contributed by atoms with E-state index in [4.69, 9.17) is 0 Å². The molecule has 0 aromatic heterocycles. The molecule has 1 fully saturated rings. The molecule has 0 spiro atoms. The number of amides is 1. The number of alkyl halides is 3. The van der Waals surface area contributed by atoms with Crippen LogP contribution in [0.4, 0.5) is 13.2 Å². The van der Waals surface area contributed by atoms with Gasteiger partial charge in [-0.3, -0.25) is 4.79 Å². The lowest BCUT2D eigenvalue weighted by atomic mass is 9.85. The molecule has 22 heavy (non-hydrogen) atoms. The average Bonchev–Trinajstić information content (AvgIpc) is 2.46. The van der Waals surface area contributed by atoms with Crippen LogP contribution in [0.2, 0.25) is 0 Å². The molecule has 1 amide bonds. The molecule has 0 heterocycles. The number of aromatic hydroxyl groups is 1. The summed E-state index contributed by atoms with van der Waals surface area (Å²) in [6.45, 7) is 0. The normalized spacial score (nSPS) is 22.3. The fourth-order valence-corrected chi connectivity index (χ4v) is 2.89. The summed E-state index contributed by atoms with van der Waals surface area (Å²) < 4.78 is 38.2. The second-order valence-electron chi connectivity index (χ2n) is 5.80. The molecule has 1 saturated carbocycles. The summed E-state index contributed by atoms with van der Waals surface area (Å²) in [5, 5.41) is 12.3. The molecular weight excluding hydrogens is 295 g/mol. The van der Waals surface area contributed by atoms with Gasteiger partial charge in [0.05, 0.1) is 5.92 Å². The van der Waals surface area contributed by atoms with Crippen LogP contribution in [0.5, 0.6) is 5.75 Å². The number of carbonyl (C=O) groups excluding carboxylic acids is 1. The highest BCUT2D eigenvalue weighted by atomic mass is 19.4. The Kier molecular flexibility index (Phi) is 5.32. The number of hydrogen-bond acceptors (Lipinski definition) is 2. The summed E-state index contributed by atoms with van der Waals surface area (Å²) in [5.74, 6) is -1.45. The van der Waals surface area contributed by atoms with E-state index in [-0.39, 0.29) is 30.9 Å². The van der Waals surface area contributed by atoms with Crippen molar-refractivity contribution in [3.63, 3.8) is 0 Å². The Morgan fingerprint density at radius 1 is 1.27 bits per heavy atom. The van der Waals surface area contributed by atoms with Gasteiger partial charge in [0.2, 0.25) is 5.91 Å². The Bertz CT molecular complexity index is 516. The van der Waals surface area contributed by atoms with Crippen LogP contribution < -0.4 is 5.32 Å². The van der Waals surface area contributed by atoms with Crippen LogP contribution in [0.1, 0.15) is 37.7 Å². The molecule has 3 nitrogen and oxygen atoms in total. The number of rotatable bonds is 4. The van der Waals surface area contributed by atoms with Crippen molar-refractivity contribution in [2.45, 2.75) is 50.7 Å². The molecule has 1 aromatic rings. The number of phenolic OH excluding ortho intramolecular Hbond substituents is 1. The van der Waals surface area contributed by atoms with Crippen molar-refractivity contribution in [1.82, 2.24) is 5.32 Å². The van der Waals surface area contributed by atoms with Crippen molar-refractivity contribution in [2.24, 2.45) is 5.92 Å². The molecule has 0 unspecified atom stereocenters. The second-order valence-corrected chi connectivity index (χ2v) is 5.80. The Balaban J connectivity index is 1.81. The van der Waals surface area contributed by atoms with Gasteiger partial charge in [0, 0.05) is 12.5 Å². The predicted molar refractivity (Wildman–Crippen MR) is 76.4 cm³/mol. The zero-order valence-electron chi connectivity index (χ0n) is 12.2. The van der Waals surface area contributed by atoms with Crippen LogP contribution in [0.3, 0.4) is 0 Å². The van der Waals surface area contributed by atoms with Gasteiger partial charge in [-0.25, -0.2) is 0 Å². The fraction of sp³-hybridized carbons (Fsp3) is 0.562. The first kappa shape index (κ1) is 16.6. The van der Waals surface area contributed by atoms with Crippen LogP contribution in [0.15, 0.2) is 24.3 Å². The Hall–Kier alpha value is -1.72. The maximum atomic E-state index is 12.7. The molecule has 0 saturated heterocycles. The Morgan fingerprint density at radius 3 is 2.68 bits per heavy atom. The molecule has 1 aromatic carbocycles. The molecule has 6 heteroatoms. The third-order valence-corrected chi connectivity index (χ3v) is 4.12. The lowest BCUT2D eigenvalue weighted by Gasteiger charge is -2.31. The van der Waals surface area contributed by atoms with E-state index in [0.29, 0.717) is 24.8 Å². The van der Waals surface area contributed by atoms with Crippen LogP contribution in [-0.4, -0.2) is 23.2 Å². The van der Waals surface area contributed by atoms with E-state index < -0.39 is 18.1 Å². The summed E-state index contributed by atoms with van der Waals surface area (Å²) in [5.41, 5.74) is 0.662. The fourth-order valence-electron chi connectivity index (χ4n) is 2.89. The van der Waals surface area contributed by atoms with E-state index in [1.807, 2.05) is 0 Å². The van der Waals surface area contributed by atoms with Gasteiger partial charge in [-0.1, -0.05) is 24.6 Å². The van der Waals surface area contributed by atoms with Crippen LogP contribution in [-0.2, 0) is 11.2 Å². The van der Waals surface area contributed by atoms with Crippen molar-refractivity contribution >= 4 is 5.91 Å². The van der Waals surface area contributed by atoms with E-state index in [2.05, 4.69) is 5.32 Å². The number of para-hydroxylation sites is 1. The molecule has 2 N–H and O–H groups in total. The minimum Gasteiger partial charge on any atom is -0.508 e. The van der Waals surface area contributed by atoms with E-state index in [1.165, 1.54) is 0 Å². The molecule has 0 aliphatic heterocycles. The highest BCUT2D eigenvalue weighted by Crippen LogP contribution is 2.37. The number of hydrogen-bond donors (Lipinski definition) is 2. The van der Waals surface area contributed by atoms with Crippen molar-refractivity contribution in [2.75, 3.05) is 0 Å². The smallest absolute Gasteiger partial charge is 0.391 e. The van der Waals surface area contributed by atoms with Gasteiger partial charge < -0.3 is 10.4 Å². The maximum Gasteiger partial charge on any atom is 0.391 e. The standard InChI is InChI=1S/C16H20F3NO2/c17-16(18,19)12-5-3-6-13(10-12)20-15(22)9-8-11-4-1-2-7-14(11)21/h1-2,4,7,12-13,21H,3,5-6,8-10H2,(H,20,22)/t12-,13-/m0/s1. The van der Waals surface area contributed by atoms with Gasteiger partial charge in [-0.15, -0.1) is 0 Å². The van der Waals surface area contributed by atoms with E-state index in [1.54, 1.807) is 24.3 Å². The van der Waals surface area contributed by atoms with Gasteiger partial charge in [-0.2, -0.15) is 13.2 Å². The van der Waals surface area contributed by atoms with Crippen LogP contribution in [0, 0.1) is 5.92 Å². The lowest BCUT2D eigenvalue weighted by Crippen LogP contribution is -2.41. The first-order valence-corrected chi connectivity index (χ1v) is 7.49. The summed E-state index contributed by atoms with van der Waals surface area (Å²) in [6, 6.07) is 6.32. The predicted octanol–water partition coefficient (Wildman–Crippen LogP) is 3.56. The number of phenols is 1. The van der Waals surface area contributed by atoms with Crippen LogP contribution >= 0.6 is 0 Å². The molecule has 1 aliphatic rings. The third kappa shape index (κ3) is 4.64. The number of carbonyl (C=O) groups is 1. The molecule has 122 valence electrons. The largest absolute Gasteiger partial charge is 0.508 e. The molecule has 0 bridgehead atoms. The van der Waals surface area contributed by atoms with E-state index in [9.17, 15) is 23.1 Å². The first-order chi connectivity index (χ1) is 10.4. The SMILES string of the molecule is O=C(CCc1ccccc1O)N[C@H]1CCC[C@H](C(F)(F)F)C1. The minimum atomic E-state index is -4.18. The first-order valence-electron chi connectivity index (χ1n) is 7.49. The van der Waals surface area contributed by atoms with Gasteiger partial charge >= 0.3 is 6.18 Å². The molecule has 2 rings (SSSR count). The van der Waals surface area contributed by atoms with Gasteiger partial charge in [0.1, 0.15) is 5.75 Å². The minimum absolute atomic E-state index is 0.0359. The quantitative estimate of drug-likeness (QED) is 0.892. The third-order valence-electron chi connectivity index (χ3n) is 4.12. The van der Waals surface area contributed by atoms with Crippen molar-refractivity contribution < 1.29 is 23.1 Å². The highest BCUT2D eigenvalue weighted by Gasteiger charge is 2.42. The van der Waals surface area contributed by atoms with E-state index >= 15 is 0 Å². The van der Waals surface area contributed by atoms with Crippen LogP contribution in [0.25, 0.3) is 0 Å². The summed E-state index contributed by atoms with van der Waals surface area (Å²) in [4.78, 5) is 11.9. The zero-order valence-corrected chi connectivity index (χ0v) is 12.2. The molecular formula is C16H20F3NO2. The molecule has 0 radical (unpaired) electrons. The monoisotopic (exact) mass is 315 g/mol. The second kappa shape index (κ2) is 7.03. The average molecular weight is 315 g/mol. The Labute approximate surface area is 127 Å². The number of benzene rings is 1. The number of halogens is 3. The lowest BCUT2D eigenvalue weighted by molar-refractivity contribution is -0.184. The van der Waals surface area contributed by atoms with E-state index in [0.717, 1.165) is 0 Å². The van der Waals surface area contributed by atoms with Crippen molar-refractivity contribution in [1.29, 1.82) is 0 Å². The molecule has 1 aliphatic carbocycles. The topological polar surface area (TPSA) is 49.3 Å². The van der Waals surface area contributed by atoms with Gasteiger partial charge in [0.15, 0.2) is 0 Å². The summed E-state index contributed by atoms with van der Waals surface area (Å²) >= 11 is 0. The Morgan fingerprint density at radius 2 is 2.00 bits per heavy atom. The summed E-state index contributed by atoms with van der Waals surface area (Å²) in [6.07, 6.45) is -2.47. The number of nitrogens with one attached hydrogen (secondary N) is 1. The van der Waals surface area contributed by atoms with Crippen molar-refractivity contribution in [3.8, 4) is 5.75 Å². The zero-order chi connectivity index (χ0) is 16.2. The highest BCUT2D eigenvalue weighted by molar-refractivity contribution is 5.76. The number of aryl methyl sites for hydroxylation is 1.